The zero-order chi connectivity index (χ0) is 31.7. The number of fused-ring (bicyclic) bond motifs is 1. The van der Waals surface area contributed by atoms with E-state index in [9.17, 15) is 0 Å². The van der Waals surface area contributed by atoms with E-state index in [2.05, 4.69) is 145 Å². The van der Waals surface area contributed by atoms with Crippen LogP contribution in [-0.4, -0.2) is 4.98 Å². The molecule has 0 radical (unpaired) electrons. The second kappa shape index (κ2) is 12.4. The zero-order valence-corrected chi connectivity index (χ0v) is 26.9. The van der Waals surface area contributed by atoms with Crippen LogP contribution in [0.3, 0.4) is 0 Å². The molecule has 0 unspecified atom stereocenters. The number of hydrogen-bond donors (Lipinski definition) is 0. The molecule has 7 aromatic rings. The van der Waals surface area contributed by atoms with E-state index >= 15 is 0 Å². The molecule has 47 heavy (non-hydrogen) atoms. The summed E-state index contributed by atoms with van der Waals surface area (Å²) in [4.78, 5) is 6.99. The highest BCUT2D eigenvalue weighted by Gasteiger charge is 2.25. The molecule has 1 saturated carbocycles. The summed E-state index contributed by atoms with van der Waals surface area (Å²) in [6.45, 7) is 4.50. The van der Waals surface area contributed by atoms with E-state index in [4.69, 9.17) is 4.42 Å². The number of anilines is 3. The lowest BCUT2D eigenvalue weighted by Crippen LogP contribution is -2.22. The lowest BCUT2D eigenvalue weighted by atomic mass is 9.73. The molecule has 0 spiro atoms. The van der Waals surface area contributed by atoms with Gasteiger partial charge in [0.2, 0.25) is 5.89 Å². The van der Waals surface area contributed by atoms with Gasteiger partial charge in [-0.2, -0.15) is 0 Å². The molecule has 1 aromatic heterocycles. The summed E-state index contributed by atoms with van der Waals surface area (Å²) in [5.41, 5.74) is 13.6. The molecule has 6 aromatic carbocycles. The number of benzene rings is 6. The summed E-state index contributed by atoms with van der Waals surface area (Å²) in [6, 6.07) is 52.0. The first-order valence-corrected chi connectivity index (χ1v) is 16.7. The van der Waals surface area contributed by atoms with E-state index in [1.807, 2.05) is 24.3 Å². The predicted molar refractivity (Wildman–Crippen MR) is 195 cm³/mol. The van der Waals surface area contributed by atoms with E-state index in [0.717, 1.165) is 45.4 Å². The molecule has 0 amide bonds. The van der Waals surface area contributed by atoms with Crippen LogP contribution in [-0.2, 0) is 6.42 Å². The minimum Gasteiger partial charge on any atom is -0.436 e. The summed E-state index contributed by atoms with van der Waals surface area (Å²) >= 11 is 0. The Kier molecular flexibility index (Phi) is 7.67. The number of oxazole rings is 1. The molecule has 8 rings (SSSR count). The van der Waals surface area contributed by atoms with Crippen LogP contribution in [0.25, 0.3) is 44.8 Å². The van der Waals surface area contributed by atoms with Gasteiger partial charge in [-0.15, -0.1) is 0 Å². The van der Waals surface area contributed by atoms with Crippen molar-refractivity contribution >= 4 is 28.2 Å². The van der Waals surface area contributed by atoms with Gasteiger partial charge in [0.25, 0.3) is 0 Å². The minimum atomic E-state index is 0.646. The third-order valence-corrected chi connectivity index (χ3v) is 9.59. The highest BCUT2D eigenvalue weighted by Crippen LogP contribution is 2.38. The number of hydrogen-bond acceptors (Lipinski definition) is 3. The van der Waals surface area contributed by atoms with Crippen molar-refractivity contribution in [1.82, 2.24) is 4.98 Å². The van der Waals surface area contributed by atoms with Gasteiger partial charge in [0, 0.05) is 22.6 Å². The van der Waals surface area contributed by atoms with E-state index in [-0.39, 0.29) is 0 Å². The Balaban J connectivity index is 1.01. The lowest BCUT2D eigenvalue weighted by Gasteiger charge is -2.33. The zero-order valence-electron chi connectivity index (χ0n) is 26.9. The summed E-state index contributed by atoms with van der Waals surface area (Å²) in [7, 11) is 0. The van der Waals surface area contributed by atoms with E-state index in [1.54, 1.807) is 0 Å². The van der Waals surface area contributed by atoms with Crippen LogP contribution in [0.1, 0.15) is 30.9 Å². The molecule has 1 heterocycles. The largest absolute Gasteiger partial charge is 0.436 e. The van der Waals surface area contributed by atoms with E-state index < -0.39 is 0 Å². The van der Waals surface area contributed by atoms with Gasteiger partial charge in [-0.3, -0.25) is 0 Å². The van der Waals surface area contributed by atoms with Gasteiger partial charge in [0.05, 0.1) is 0 Å². The second-order valence-electron chi connectivity index (χ2n) is 13.2. The molecular formula is C44H38N2O. The Labute approximate surface area is 277 Å². The van der Waals surface area contributed by atoms with Crippen LogP contribution in [0, 0.1) is 18.8 Å². The highest BCUT2D eigenvalue weighted by molar-refractivity contribution is 5.80. The van der Waals surface area contributed by atoms with Crippen LogP contribution in [0.5, 0.6) is 0 Å². The molecule has 1 aliphatic rings. The average Bonchev–Trinajstić information content (AvgIpc) is 3.54. The van der Waals surface area contributed by atoms with Crippen molar-refractivity contribution in [2.24, 2.45) is 11.8 Å². The fraction of sp³-hybridized carbons (Fsp3) is 0.159. The Morgan fingerprint density at radius 2 is 1.04 bits per heavy atom. The van der Waals surface area contributed by atoms with E-state index in [0.29, 0.717) is 5.89 Å². The number of aromatic nitrogens is 1. The Morgan fingerprint density at radius 1 is 0.574 bits per heavy atom. The van der Waals surface area contributed by atoms with Gasteiger partial charge >= 0.3 is 0 Å². The number of para-hydroxylation sites is 2. The van der Waals surface area contributed by atoms with Crippen molar-refractivity contribution in [3.8, 4) is 33.7 Å². The molecule has 0 aliphatic heterocycles. The normalized spacial score (nSPS) is 15.8. The van der Waals surface area contributed by atoms with Crippen molar-refractivity contribution in [1.29, 1.82) is 0 Å². The first kappa shape index (κ1) is 29.0. The van der Waals surface area contributed by atoms with Crippen LogP contribution in [0.2, 0.25) is 0 Å². The van der Waals surface area contributed by atoms with Crippen LogP contribution in [0.4, 0.5) is 17.1 Å². The molecule has 230 valence electrons. The Morgan fingerprint density at radius 3 is 1.57 bits per heavy atom. The molecular weight excluding hydrogens is 572 g/mol. The SMILES string of the molecule is Cc1ccc(N(c2ccc(CC3CC(C)C3)cc2)c2ccc(-c3ccc(-c4ccc(-c5nc6ccccc6o5)cc4)cc3)cc2)cc1. The van der Waals surface area contributed by atoms with Crippen molar-refractivity contribution in [3.05, 3.63) is 157 Å². The monoisotopic (exact) mass is 610 g/mol. The molecule has 0 saturated heterocycles. The fourth-order valence-corrected chi connectivity index (χ4v) is 6.95. The summed E-state index contributed by atoms with van der Waals surface area (Å²) in [6.07, 6.45) is 3.91. The molecule has 3 nitrogen and oxygen atoms in total. The maximum atomic E-state index is 5.95. The van der Waals surface area contributed by atoms with Crippen molar-refractivity contribution < 1.29 is 4.42 Å². The standard InChI is InChI=1S/C44H38N2O/c1-30-7-21-39(22-8-30)46(40-23-9-32(10-24-40)29-33-27-31(2)28-33)41-25-19-37(20-26-41)35-13-11-34(12-14-35)36-15-17-38(18-16-36)44-45-42-5-3-4-6-43(42)47-44/h3-26,31,33H,27-29H2,1-2H3. The van der Waals surface area contributed by atoms with Gasteiger partial charge in [-0.25, -0.2) is 4.98 Å². The van der Waals surface area contributed by atoms with Crippen LogP contribution >= 0.6 is 0 Å². The summed E-state index contributed by atoms with van der Waals surface area (Å²) in [5.74, 6) is 2.38. The maximum absolute atomic E-state index is 5.95. The number of rotatable bonds is 8. The van der Waals surface area contributed by atoms with Gasteiger partial charge in [-0.1, -0.05) is 97.4 Å². The fourth-order valence-electron chi connectivity index (χ4n) is 6.95. The highest BCUT2D eigenvalue weighted by atomic mass is 16.3. The third kappa shape index (κ3) is 6.09. The number of aryl methyl sites for hydroxylation is 1. The summed E-state index contributed by atoms with van der Waals surface area (Å²) < 4.78 is 5.95. The Hall–Kier alpha value is -5.41. The van der Waals surface area contributed by atoms with Crippen molar-refractivity contribution in [2.75, 3.05) is 4.90 Å². The van der Waals surface area contributed by atoms with Crippen LogP contribution in [0.15, 0.2) is 150 Å². The molecule has 0 bridgehead atoms. The van der Waals surface area contributed by atoms with Gasteiger partial charge in [-0.05, 0) is 127 Å². The van der Waals surface area contributed by atoms with Gasteiger partial charge in [0.1, 0.15) is 5.52 Å². The topological polar surface area (TPSA) is 29.3 Å². The molecule has 0 atom stereocenters. The summed E-state index contributed by atoms with van der Waals surface area (Å²) in [5, 5.41) is 0. The molecule has 0 N–H and O–H groups in total. The average molecular weight is 611 g/mol. The van der Waals surface area contributed by atoms with Crippen LogP contribution < -0.4 is 4.90 Å². The molecule has 3 heteroatoms. The Bertz CT molecular complexity index is 2070. The quantitative estimate of drug-likeness (QED) is 0.171. The second-order valence-corrected chi connectivity index (χ2v) is 13.2. The van der Waals surface area contributed by atoms with Crippen molar-refractivity contribution in [3.63, 3.8) is 0 Å². The molecule has 1 aliphatic carbocycles. The molecule has 1 fully saturated rings. The van der Waals surface area contributed by atoms with Gasteiger partial charge < -0.3 is 9.32 Å². The van der Waals surface area contributed by atoms with Crippen molar-refractivity contribution in [2.45, 2.75) is 33.1 Å². The third-order valence-electron chi connectivity index (χ3n) is 9.59. The van der Waals surface area contributed by atoms with E-state index in [1.165, 1.54) is 52.8 Å². The smallest absolute Gasteiger partial charge is 0.227 e. The minimum absolute atomic E-state index is 0.646. The lowest BCUT2D eigenvalue weighted by molar-refractivity contribution is 0.211. The predicted octanol–water partition coefficient (Wildman–Crippen LogP) is 12.2. The number of nitrogens with zero attached hydrogens (tertiary/aromatic N) is 2. The first-order chi connectivity index (χ1) is 23.1. The first-order valence-electron chi connectivity index (χ1n) is 16.7. The maximum Gasteiger partial charge on any atom is 0.227 e. The van der Waals surface area contributed by atoms with Gasteiger partial charge in [0.15, 0.2) is 5.58 Å².